The summed E-state index contributed by atoms with van der Waals surface area (Å²) in [5.41, 5.74) is -1.07. The first-order chi connectivity index (χ1) is 5.21. The lowest BCUT2D eigenvalue weighted by Crippen LogP contribution is -2.53. The summed E-state index contributed by atoms with van der Waals surface area (Å²) in [6.45, 7) is 0.939. The number of hydrogen-bond donors (Lipinski definition) is 3. The Kier molecular flexibility index (Phi) is 2.09. The third-order valence-electron chi connectivity index (χ3n) is 1.90. The van der Waals surface area contributed by atoms with Gasteiger partial charge in [0, 0.05) is 6.54 Å². The maximum Gasteiger partial charge on any atom is 0.330 e. The molecular weight excluding hydrogens is 148 g/mol. The van der Waals surface area contributed by atoms with Gasteiger partial charge in [0.25, 0.3) is 0 Å². The molecule has 0 aliphatic carbocycles. The zero-order chi connectivity index (χ0) is 8.32. The van der Waals surface area contributed by atoms with E-state index in [1.165, 1.54) is 0 Å². The lowest BCUT2D eigenvalue weighted by atomic mass is 10.00. The lowest BCUT2D eigenvalue weighted by molar-refractivity contribution is -0.145. The monoisotopic (exact) mass is 158 g/mol. The molecule has 1 rings (SSSR count). The van der Waals surface area contributed by atoms with Crippen LogP contribution >= 0.6 is 0 Å². The van der Waals surface area contributed by atoms with Gasteiger partial charge in [0.2, 0.25) is 6.41 Å². The fraction of sp³-hybridized carbons (Fsp3) is 0.667. The van der Waals surface area contributed by atoms with E-state index in [9.17, 15) is 9.59 Å². The highest BCUT2D eigenvalue weighted by Crippen LogP contribution is 2.13. The second-order valence-corrected chi connectivity index (χ2v) is 2.58. The molecule has 1 atom stereocenters. The predicted octanol–water partition coefficient (Wildman–Crippen LogP) is -1.45. The molecule has 5 nitrogen and oxygen atoms in total. The molecule has 1 heterocycles. The molecule has 62 valence electrons. The quantitative estimate of drug-likeness (QED) is 0.439. The van der Waals surface area contributed by atoms with Gasteiger partial charge in [0.15, 0.2) is 5.54 Å². The molecule has 0 radical (unpaired) electrons. The Balaban J connectivity index is 2.69. The lowest BCUT2D eigenvalue weighted by Gasteiger charge is -2.21. The first-order valence-corrected chi connectivity index (χ1v) is 3.37. The molecule has 3 N–H and O–H groups in total. The molecule has 0 saturated carbocycles. The Morgan fingerprint density at radius 2 is 2.45 bits per heavy atom. The number of nitrogens with one attached hydrogen (secondary N) is 2. The van der Waals surface area contributed by atoms with Gasteiger partial charge in [-0.15, -0.1) is 0 Å². The van der Waals surface area contributed by atoms with Gasteiger partial charge in [-0.1, -0.05) is 0 Å². The largest absolute Gasteiger partial charge is 0.479 e. The summed E-state index contributed by atoms with van der Waals surface area (Å²) >= 11 is 0. The van der Waals surface area contributed by atoms with Crippen molar-refractivity contribution in [3.8, 4) is 0 Å². The SMILES string of the molecule is O=CNC1(C(=O)O)CCNC1. The zero-order valence-electron chi connectivity index (χ0n) is 5.96. The van der Waals surface area contributed by atoms with Crippen LogP contribution in [-0.4, -0.2) is 36.1 Å². The highest BCUT2D eigenvalue weighted by Gasteiger charge is 2.40. The molecule has 0 aromatic heterocycles. The molecular formula is C6H10N2O3. The molecule has 0 spiro atoms. The van der Waals surface area contributed by atoms with Crippen LogP contribution in [-0.2, 0) is 9.59 Å². The van der Waals surface area contributed by atoms with E-state index >= 15 is 0 Å². The fourth-order valence-corrected chi connectivity index (χ4v) is 1.17. The number of aliphatic carboxylic acids is 1. The molecule has 11 heavy (non-hydrogen) atoms. The van der Waals surface area contributed by atoms with Gasteiger partial charge in [-0.2, -0.15) is 0 Å². The average molecular weight is 158 g/mol. The summed E-state index contributed by atoms with van der Waals surface area (Å²) < 4.78 is 0. The zero-order valence-corrected chi connectivity index (χ0v) is 5.96. The van der Waals surface area contributed by atoms with Crippen molar-refractivity contribution >= 4 is 12.4 Å². The molecule has 0 bridgehead atoms. The molecule has 1 saturated heterocycles. The van der Waals surface area contributed by atoms with Gasteiger partial charge in [-0.05, 0) is 13.0 Å². The van der Waals surface area contributed by atoms with Gasteiger partial charge >= 0.3 is 5.97 Å². The van der Waals surface area contributed by atoms with E-state index < -0.39 is 11.5 Å². The Morgan fingerprint density at radius 3 is 2.82 bits per heavy atom. The Hall–Kier alpha value is -1.10. The molecule has 0 aromatic rings. The van der Waals surface area contributed by atoms with Crippen molar-refractivity contribution < 1.29 is 14.7 Å². The van der Waals surface area contributed by atoms with Crippen LogP contribution in [0.4, 0.5) is 0 Å². The number of carboxylic acid groups (broad SMARTS) is 1. The molecule has 0 aromatic carbocycles. The van der Waals surface area contributed by atoms with E-state index in [-0.39, 0.29) is 0 Å². The van der Waals surface area contributed by atoms with Gasteiger partial charge in [-0.3, -0.25) is 4.79 Å². The van der Waals surface area contributed by atoms with Crippen molar-refractivity contribution in [3.63, 3.8) is 0 Å². The van der Waals surface area contributed by atoms with Crippen molar-refractivity contribution in [2.75, 3.05) is 13.1 Å². The molecule has 1 fully saturated rings. The maximum atomic E-state index is 10.7. The number of rotatable bonds is 3. The minimum Gasteiger partial charge on any atom is -0.479 e. The summed E-state index contributed by atoms with van der Waals surface area (Å²) in [5.74, 6) is -0.977. The van der Waals surface area contributed by atoms with Crippen molar-refractivity contribution in [2.45, 2.75) is 12.0 Å². The smallest absolute Gasteiger partial charge is 0.330 e. The highest BCUT2D eigenvalue weighted by molar-refractivity contribution is 5.82. The molecule has 1 aliphatic rings. The summed E-state index contributed by atoms with van der Waals surface area (Å²) in [7, 11) is 0. The van der Waals surface area contributed by atoms with Crippen LogP contribution in [0.3, 0.4) is 0 Å². The van der Waals surface area contributed by atoms with Gasteiger partial charge in [0.1, 0.15) is 0 Å². The third-order valence-corrected chi connectivity index (χ3v) is 1.90. The topological polar surface area (TPSA) is 78.4 Å². The van der Waals surface area contributed by atoms with Crippen molar-refractivity contribution in [1.82, 2.24) is 10.6 Å². The van der Waals surface area contributed by atoms with Crippen LogP contribution in [0.1, 0.15) is 6.42 Å². The highest BCUT2D eigenvalue weighted by atomic mass is 16.4. The van der Waals surface area contributed by atoms with Crippen molar-refractivity contribution in [3.05, 3.63) is 0 Å². The average Bonchev–Trinajstić information content (AvgIpc) is 2.38. The number of carbonyl (C=O) groups excluding carboxylic acids is 1. The molecule has 1 unspecified atom stereocenters. The van der Waals surface area contributed by atoms with E-state index in [4.69, 9.17) is 5.11 Å². The molecule has 5 heteroatoms. The van der Waals surface area contributed by atoms with Crippen LogP contribution in [0.2, 0.25) is 0 Å². The Morgan fingerprint density at radius 1 is 1.73 bits per heavy atom. The van der Waals surface area contributed by atoms with E-state index in [1.54, 1.807) is 0 Å². The minimum absolute atomic E-state index is 0.307. The summed E-state index contributed by atoms with van der Waals surface area (Å²) in [6, 6.07) is 0. The first-order valence-electron chi connectivity index (χ1n) is 3.37. The van der Waals surface area contributed by atoms with E-state index in [0.29, 0.717) is 25.9 Å². The van der Waals surface area contributed by atoms with Crippen LogP contribution in [0, 0.1) is 0 Å². The van der Waals surface area contributed by atoms with E-state index in [2.05, 4.69) is 10.6 Å². The van der Waals surface area contributed by atoms with Crippen LogP contribution < -0.4 is 10.6 Å². The number of hydrogen-bond acceptors (Lipinski definition) is 3. The molecule has 1 amide bonds. The second kappa shape index (κ2) is 2.87. The van der Waals surface area contributed by atoms with Crippen LogP contribution in [0.15, 0.2) is 0 Å². The number of amides is 1. The first kappa shape index (κ1) is 8.00. The predicted molar refractivity (Wildman–Crippen MR) is 37.1 cm³/mol. The Labute approximate surface area is 63.8 Å². The van der Waals surface area contributed by atoms with E-state index in [0.717, 1.165) is 0 Å². The second-order valence-electron chi connectivity index (χ2n) is 2.58. The summed E-state index contributed by atoms with van der Waals surface area (Å²) in [4.78, 5) is 20.7. The molecule has 1 aliphatic heterocycles. The van der Waals surface area contributed by atoms with Crippen LogP contribution in [0.25, 0.3) is 0 Å². The van der Waals surface area contributed by atoms with E-state index in [1.807, 2.05) is 0 Å². The maximum absolute atomic E-state index is 10.7. The van der Waals surface area contributed by atoms with Gasteiger partial charge in [0.05, 0.1) is 0 Å². The van der Waals surface area contributed by atoms with Crippen molar-refractivity contribution in [1.29, 1.82) is 0 Å². The van der Waals surface area contributed by atoms with Crippen LogP contribution in [0.5, 0.6) is 0 Å². The standard InChI is InChI=1S/C6H10N2O3/c9-4-8-6(5(10)11)1-2-7-3-6/h4,7H,1-3H2,(H,8,9)(H,10,11). The van der Waals surface area contributed by atoms with Gasteiger partial charge in [-0.25, -0.2) is 4.79 Å². The van der Waals surface area contributed by atoms with Gasteiger partial charge < -0.3 is 15.7 Å². The number of carbonyl (C=O) groups is 2. The van der Waals surface area contributed by atoms with Crippen molar-refractivity contribution in [2.24, 2.45) is 0 Å². The summed E-state index contributed by atoms with van der Waals surface area (Å²) in [6.07, 6.45) is 0.877. The third kappa shape index (κ3) is 1.32. The minimum atomic E-state index is -1.07. The fourth-order valence-electron chi connectivity index (χ4n) is 1.17. The number of carboxylic acids is 1. The summed E-state index contributed by atoms with van der Waals surface area (Å²) in [5, 5.41) is 13.9. The Bertz CT molecular complexity index is 175. The normalized spacial score (nSPS) is 29.8.